The molecule has 1 aromatic rings. The molecule has 1 aliphatic rings. The predicted octanol–water partition coefficient (Wildman–Crippen LogP) is 2.94. The number of aliphatic carboxylic acids is 1. The third-order valence-corrected chi connectivity index (χ3v) is 4.44. The molecule has 1 aliphatic carbocycles. The van der Waals surface area contributed by atoms with Gasteiger partial charge in [-0.25, -0.2) is 4.79 Å². The number of hydrogen-bond donors (Lipinski definition) is 1. The number of carboxylic acids is 1. The summed E-state index contributed by atoms with van der Waals surface area (Å²) in [5.41, 5.74) is -0.592. The van der Waals surface area contributed by atoms with Crippen molar-refractivity contribution in [2.75, 3.05) is 13.7 Å². The van der Waals surface area contributed by atoms with Crippen LogP contribution in [0.2, 0.25) is 0 Å². The van der Waals surface area contributed by atoms with E-state index in [0.29, 0.717) is 30.8 Å². The van der Waals surface area contributed by atoms with Gasteiger partial charge in [0.1, 0.15) is 11.3 Å². The van der Waals surface area contributed by atoms with Crippen LogP contribution < -0.4 is 4.74 Å². The lowest BCUT2D eigenvalue weighted by atomic mass is 9.80. The maximum Gasteiger partial charge on any atom is 0.329 e. The van der Waals surface area contributed by atoms with Crippen LogP contribution in [0.5, 0.6) is 5.75 Å². The number of carbonyl (C=O) groups excluding carboxylic acids is 1. The Hall–Kier alpha value is -2.04. The Kier molecular flexibility index (Phi) is 5.06. The van der Waals surface area contributed by atoms with E-state index < -0.39 is 11.5 Å². The number of ether oxygens (including phenoxy) is 1. The number of benzene rings is 1. The lowest BCUT2D eigenvalue weighted by Crippen LogP contribution is -2.56. The number of hydrogen-bond acceptors (Lipinski definition) is 3. The van der Waals surface area contributed by atoms with Gasteiger partial charge in [0.05, 0.1) is 6.61 Å². The van der Waals surface area contributed by atoms with E-state index in [9.17, 15) is 14.7 Å². The number of rotatable bonds is 5. The molecule has 0 atom stereocenters. The van der Waals surface area contributed by atoms with Crippen LogP contribution in [0.15, 0.2) is 24.3 Å². The zero-order valence-electron chi connectivity index (χ0n) is 13.2. The molecule has 1 fully saturated rings. The molecule has 0 unspecified atom stereocenters. The van der Waals surface area contributed by atoms with E-state index >= 15 is 0 Å². The zero-order chi connectivity index (χ0) is 16.2. The molecule has 0 aliphatic heterocycles. The third-order valence-electron chi connectivity index (χ3n) is 4.44. The van der Waals surface area contributed by atoms with Crippen LogP contribution in [-0.2, 0) is 4.79 Å². The highest BCUT2D eigenvalue weighted by Gasteiger charge is 2.45. The van der Waals surface area contributed by atoms with Crippen LogP contribution in [0.25, 0.3) is 0 Å². The van der Waals surface area contributed by atoms with Gasteiger partial charge in [0, 0.05) is 12.6 Å². The SMILES string of the molecule is CCOc1ccc(C(=O)N(C)C2(C(=O)O)CCCCC2)cc1. The van der Waals surface area contributed by atoms with Gasteiger partial charge < -0.3 is 14.7 Å². The Bertz CT molecular complexity index is 532. The van der Waals surface area contributed by atoms with Crippen LogP contribution in [0, 0.1) is 0 Å². The fraction of sp³-hybridized carbons (Fsp3) is 0.529. The molecule has 0 bridgehead atoms. The first-order valence-electron chi connectivity index (χ1n) is 7.75. The maximum atomic E-state index is 12.6. The first kappa shape index (κ1) is 16.3. The van der Waals surface area contributed by atoms with Gasteiger partial charge in [-0.15, -0.1) is 0 Å². The van der Waals surface area contributed by atoms with E-state index in [1.165, 1.54) is 4.90 Å². The summed E-state index contributed by atoms with van der Waals surface area (Å²) in [5.74, 6) is -0.464. The predicted molar refractivity (Wildman–Crippen MR) is 83.2 cm³/mol. The van der Waals surface area contributed by atoms with Crippen molar-refractivity contribution < 1.29 is 19.4 Å². The normalized spacial score (nSPS) is 16.8. The summed E-state index contributed by atoms with van der Waals surface area (Å²) >= 11 is 0. The molecule has 5 heteroatoms. The molecule has 1 amide bonds. The fourth-order valence-corrected chi connectivity index (χ4v) is 3.08. The Morgan fingerprint density at radius 1 is 1.18 bits per heavy atom. The van der Waals surface area contributed by atoms with Gasteiger partial charge in [0.25, 0.3) is 5.91 Å². The van der Waals surface area contributed by atoms with Crippen molar-refractivity contribution in [3.63, 3.8) is 0 Å². The summed E-state index contributed by atoms with van der Waals surface area (Å²) < 4.78 is 5.36. The van der Waals surface area contributed by atoms with Gasteiger partial charge in [0.2, 0.25) is 0 Å². The second-order valence-electron chi connectivity index (χ2n) is 5.72. The molecule has 5 nitrogen and oxygen atoms in total. The van der Waals surface area contributed by atoms with E-state index in [2.05, 4.69) is 0 Å². The first-order chi connectivity index (χ1) is 10.5. The minimum Gasteiger partial charge on any atom is -0.494 e. The summed E-state index contributed by atoms with van der Waals surface area (Å²) in [6.07, 6.45) is 3.74. The molecule has 1 N–H and O–H groups in total. The van der Waals surface area contributed by atoms with Gasteiger partial charge in [-0.3, -0.25) is 4.79 Å². The number of carboxylic acid groups (broad SMARTS) is 1. The summed E-state index contributed by atoms with van der Waals surface area (Å²) in [4.78, 5) is 25.8. The standard InChI is InChI=1S/C17H23NO4/c1-3-22-14-9-7-13(8-10-14)15(19)18(2)17(16(20)21)11-5-4-6-12-17/h7-10H,3-6,11-12H2,1-2H3,(H,20,21). The highest BCUT2D eigenvalue weighted by molar-refractivity contribution is 5.97. The quantitative estimate of drug-likeness (QED) is 0.908. The third kappa shape index (κ3) is 3.08. The van der Waals surface area contributed by atoms with Crippen molar-refractivity contribution in [3.8, 4) is 5.75 Å². The number of amides is 1. The molecule has 0 saturated heterocycles. The van der Waals surface area contributed by atoms with Crippen molar-refractivity contribution in [1.29, 1.82) is 0 Å². The highest BCUT2D eigenvalue weighted by atomic mass is 16.5. The van der Waals surface area contributed by atoms with Crippen molar-refractivity contribution >= 4 is 11.9 Å². The Morgan fingerprint density at radius 3 is 2.27 bits per heavy atom. The minimum absolute atomic E-state index is 0.257. The highest BCUT2D eigenvalue weighted by Crippen LogP contribution is 2.34. The van der Waals surface area contributed by atoms with Gasteiger partial charge >= 0.3 is 5.97 Å². The first-order valence-corrected chi connectivity index (χ1v) is 7.75. The van der Waals surface area contributed by atoms with Crippen LogP contribution >= 0.6 is 0 Å². The van der Waals surface area contributed by atoms with E-state index in [1.54, 1.807) is 31.3 Å². The zero-order valence-corrected chi connectivity index (χ0v) is 13.2. The molecule has 1 aromatic carbocycles. The second kappa shape index (κ2) is 6.81. The molecule has 1 saturated carbocycles. The lowest BCUT2D eigenvalue weighted by molar-refractivity contribution is -0.151. The molecule has 120 valence electrons. The van der Waals surface area contributed by atoms with Crippen LogP contribution in [-0.4, -0.2) is 41.1 Å². The van der Waals surface area contributed by atoms with Gasteiger partial charge in [-0.2, -0.15) is 0 Å². The Balaban J connectivity index is 2.21. The monoisotopic (exact) mass is 305 g/mol. The van der Waals surface area contributed by atoms with E-state index in [4.69, 9.17) is 4.74 Å². The summed E-state index contributed by atoms with van der Waals surface area (Å²) in [6.45, 7) is 2.46. The van der Waals surface area contributed by atoms with Crippen LogP contribution in [0.3, 0.4) is 0 Å². The number of carbonyl (C=O) groups is 2. The second-order valence-corrected chi connectivity index (χ2v) is 5.72. The van der Waals surface area contributed by atoms with Gasteiger partial charge in [-0.05, 0) is 44.0 Å². The molecular weight excluding hydrogens is 282 g/mol. The summed E-state index contributed by atoms with van der Waals surface area (Å²) in [6, 6.07) is 6.84. The largest absolute Gasteiger partial charge is 0.494 e. The molecule has 0 radical (unpaired) electrons. The van der Waals surface area contributed by atoms with Crippen LogP contribution in [0.4, 0.5) is 0 Å². The topological polar surface area (TPSA) is 66.8 Å². The van der Waals surface area contributed by atoms with Crippen molar-refractivity contribution in [1.82, 2.24) is 4.90 Å². The van der Waals surface area contributed by atoms with E-state index in [1.807, 2.05) is 6.92 Å². The molecule has 0 heterocycles. The summed E-state index contributed by atoms with van der Waals surface area (Å²) in [5, 5.41) is 9.66. The van der Waals surface area contributed by atoms with Crippen molar-refractivity contribution in [3.05, 3.63) is 29.8 Å². The minimum atomic E-state index is -1.08. The van der Waals surface area contributed by atoms with Gasteiger partial charge in [-0.1, -0.05) is 19.3 Å². The van der Waals surface area contributed by atoms with E-state index in [-0.39, 0.29) is 5.91 Å². The molecular formula is C17H23NO4. The molecule has 2 rings (SSSR count). The average molecular weight is 305 g/mol. The molecule has 0 spiro atoms. The smallest absolute Gasteiger partial charge is 0.329 e. The Labute approximate surface area is 130 Å². The Morgan fingerprint density at radius 2 is 1.77 bits per heavy atom. The molecule has 0 aromatic heterocycles. The number of nitrogens with zero attached hydrogens (tertiary/aromatic N) is 1. The maximum absolute atomic E-state index is 12.6. The summed E-state index contributed by atoms with van der Waals surface area (Å²) in [7, 11) is 1.60. The van der Waals surface area contributed by atoms with E-state index in [0.717, 1.165) is 19.3 Å². The van der Waals surface area contributed by atoms with Crippen molar-refractivity contribution in [2.45, 2.75) is 44.6 Å². The van der Waals surface area contributed by atoms with Crippen LogP contribution in [0.1, 0.15) is 49.4 Å². The lowest BCUT2D eigenvalue weighted by Gasteiger charge is -2.41. The molecule has 22 heavy (non-hydrogen) atoms. The number of likely N-dealkylation sites (N-methyl/N-ethyl adjacent to an activating group) is 1. The average Bonchev–Trinajstić information content (AvgIpc) is 2.55. The van der Waals surface area contributed by atoms with Gasteiger partial charge in [0.15, 0.2) is 0 Å². The van der Waals surface area contributed by atoms with Crippen molar-refractivity contribution in [2.24, 2.45) is 0 Å². The fourth-order valence-electron chi connectivity index (χ4n) is 3.08.